The lowest BCUT2D eigenvalue weighted by atomic mass is 9.96. The third kappa shape index (κ3) is 4.68. The van der Waals surface area contributed by atoms with Crippen LogP contribution in [0.2, 0.25) is 0 Å². The fraction of sp³-hybridized carbons (Fsp3) is 0.667. The molecule has 6 nitrogen and oxygen atoms in total. The van der Waals surface area contributed by atoms with E-state index in [9.17, 15) is 9.59 Å². The minimum absolute atomic E-state index is 0.183. The molecule has 2 rings (SSSR count). The molecule has 0 atom stereocenters. The van der Waals surface area contributed by atoms with Crippen molar-refractivity contribution in [2.24, 2.45) is 13.0 Å². The van der Waals surface area contributed by atoms with Crippen LogP contribution in [-0.4, -0.2) is 67.2 Å². The van der Waals surface area contributed by atoms with Crippen molar-refractivity contribution in [3.05, 3.63) is 33.7 Å². The summed E-state index contributed by atoms with van der Waals surface area (Å²) in [6.07, 6.45) is 3.80. The van der Waals surface area contributed by atoms with E-state index in [1.807, 2.05) is 18.5 Å². The Kier molecular flexibility index (Phi) is 6.57. The predicted octanol–water partition coefficient (Wildman–Crippen LogP) is 1.12. The Morgan fingerprint density at radius 1 is 1.38 bits per heavy atom. The van der Waals surface area contributed by atoms with E-state index in [4.69, 9.17) is 4.74 Å². The number of piperidine rings is 1. The number of aromatic nitrogens is 1. The fourth-order valence-corrected chi connectivity index (χ4v) is 3.18. The Morgan fingerprint density at radius 2 is 2.04 bits per heavy atom. The van der Waals surface area contributed by atoms with Crippen molar-refractivity contribution in [3.8, 4) is 0 Å². The van der Waals surface area contributed by atoms with E-state index in [1.54, 1.807) is 25.3 Å². The van der Waals surface area contributed by atoms with Gasteiger partial charge in [0, 0.05) is 52.3 Å². The summed E-state index contributed by atoms with van der Waals surface area (Å²) in [7, 11) is 5.36. The second-order valence-corrected chi connectivity index (χ2v) is 6.77. The van der Waals surface area contributed by atoms with E-state index >= 15 is 0 Å². The first kappa shape index (κ1) is 18.7. The van der Waals surface area contributed by atoms with E-state index < -0.39 is 0 Å². The molecule has 6 heteroatoms. The number of hydrogen-bond acceptors (Lipinski definition) is 4. The molecule has 0 spiro atoms. The van der Waals surface area contributed by atoms with Gasteiger partial charge in [-0.3, -0.25) is 9.59 Å². The third-order valence-corrected chi connectivity index (χ3v) is 4.91. The molecule has 1 amide bonds. The topological polar surface area (TPSA) is 54.8 Å². The number of carbonyl (C=O) groups excluding carboxylic acids is 1. The first-order valence-corrected chi connectivity index (χ1v) is 8.56. The van der Waals surface area contributed by atoms with Gasteiger partial charge < -0.3 is 19.1 Å². The largest absolute Gasteiger partial charge is 0.383 e. The Balaban J connectivity index is 1.91. The number of hydrogen-bond donors (Lipinski definition) is 0. The van der Waals surface area contributed by atoms with E-state index in [2.05, 4.69) is 4.90 Å². The van der Waals surface area contributed by atoms with Gasteiger partial charge in [0.05, 0.1) is 6.61 Å². The number of nitrogens with zero attached hydrogens (tertiary/aromatic N) is 3. The zero-order valence-electron chi connectivity index (χ0n) is 15.2. The second kappa shape index (κ2) is 8.44. The number of ether oxygens (including phenoxy) is 1. The van der Waals surface area contributed by atoms with Crippen molar-refractivity contribution in [3.63, 3.8) is 0 Å². The minimum Gasteiger partial charge on any atom is -0.383 e. The minimum atomic E-state index is -0.197. The number of aryl methyl sites for hydroxylation is 2. The smallest absolute Gasteiger partial charge is 0.259 e. The van der Waals surface area contributed by atoms with Crippen LogP contribution in [-0.2, 0) is 11.8 Å². The molecule has 0 radical (unpaired) electrons. The molecule has 0 N–H and O–H groups in total. The Bertz CT molecular complexity index is 618. The van der Waals surface area contributed by atoms with Gasteiger partial charge in [0.15, 0.2) is 5.43 Å². The highest BCUT2D eigenvalue weighted by atomic mass is 16.5. The van der Waals surface area contributed by atoms with E-state index in [1.165, 1.54) is 6.07 Å². The summed E-state index contributed by atoms with van der Waals surface area (Å²) >= 11 is 0. The van der Waals surface area contributed by atoms with Crippen LogP contribution >= 0.6 is 0 Å². The number of amides is 1. The van der Waals surface area contributed by atoms with Crippen molar-refractivity contribution >= 4 is 5.91 Å². The SMILES string of the molecule is COCCN1CCC(CN(C)C(=O)c2cn(C)c(C)cc2=O)CC1. The van der Waals surface area contributed by atoms with Crippen LogP contribution in [0.25, 0.3) is 0 Å². The van der Waals surface area contributed by atoms with Crippen LogP contribution in [0.15, 0.2) is 17.1 Å². The molecule has 1 aromatic rings. The standard InChI is InChI=1S/C18H29N3O3/c1-14-11-17(22)16(13-19(14)2)18(23)20(3)12-15-5-7-21(8-6-15)9-10-24-4/h11,13,15H,5-10,12H2,1-4H3. The molecule has 2 heterocycles. The number of rotatable bonds is 6. The van der Waals surface area contributed by atoms with Crippen molar-refractivity contribution < 1.29 is 9.53 Å². The number of likely N-dealkylation sites (tertiary alicyclic amines) is 1. The molecular weight excluding hydrogens is 306 g/mol. The van der Waals surface area contributed by atoms with Gasteiger partial charge >= 0.3 is 0 Å². The van der Waals surface area contributed by atoms with E-state index in [-0.39, 0.29) is 16.9 Å². The van der Waals surface area contributed by atoms with E-state index in [0.29, 0.717) is 12.5 Å². The Labute approximate surface area is 144 Å². The molecule has 1 saturated heterocycles. The van der Waals surface area contributed by atoms with Crippen molar-refractivity contribution in [1.29, 1.82) is 0 Å². The van der Waals surface area contributed by atoms with E-state index in [0.717, 1.165) is 44.8 Å². The van der Waals surface area contributed by atoms with Gasteiger partial charge in [-0.25, -0.2) is 0 Å². The predicted molar refractivity (Wildman–Crippen MR) is 94.4 cm³/mol. The summed E-state index contributed by atoms with van der Waals surface area (Å²) in [5.74, 6) is 0.310. The average molecular weight is 335 g/mol. The zero-order valence-corrected chi connectivity index (χ0v) is 15.2. The van der Waals surface area contributed by atoms with Crippen LogP contribution in [0.1, 0.15) is 28.9 Å². The lowest BCUT2D eigenvalue weighted by Gasteiger charge is -2.33. The van der Waals surface area contributed by atoms with Gasteiger partial charge in [0.25, 0.3) is 5.91 Å². The van der Waals surface area contributed by atoms with Gasteiger partial charge in [-0.2, -0.15) is 0 Å². The van der Waals surface area contributed by atoms with Crippen LogP contribution in [0.5, 0.6) is 0 Å². The van der Waals surface area contributed by atoms with Gasteiger partial charge in [-0.1, -0.05) is 0 Å². The maximum absolute atomic E-state index is 12.6. The number of methoxy groups -OCH3 is 1. The van der Waals surface area contributed by atoms with Gasteiger partial charge in [-0.05, 0) is 38.8 Å². The lowest BCUT2D eigenvalue weighted by molar-refractivity contribution is 0.0722. The maximum Gasteiger partial charge on any atom is 0.259 e. The first-order valence-electron chi connectivity index (χ1n) is 8.56. The van der Waals surface area contributed by atoms with Gasteiger partial charge in [0.2, 0.25) is 0 Å². The molecule has 0 unspecified atom stereocenters. The Hall–Kier alpha value is -1.66. The van der Waals surface area contributed by atoms with Gasteiger partial charge in [-0.15, -0.1) is 0 Å². The third-order valence-electron chi connectivity index (χ3n) is 4.91. The first-order chi connectivity index (χ1) is 11.4. The van der Waals surface area contributed by atoms with Crippen molar-refractivity contribution in [2.45, 2.75) is 19.8 Å². The van der Waals surface area contributed by atoms with Crippen LogP contribution in [0, 0.1) is 12.8 Å². The zero-order chi connectivity index (χ0) is 17.7. The second-order valence-electron chi connectivity index (χ2n) is 6.77. The van der Waals surface area contributed by atoms with Gasteiger partial charge in [0.1, 0.15) is 5.56 Å². The highest BCUT2D eigenvalue weighted by Crippen LogP contribution is 2.18. The molecular formula is C18H29N3O3. The highest BCUT2D eigenvalue weighted by Gasteiger charge is 2.23. The molecule has 0 saturated carbocycles. The summed E-state index contributed by atoms with van der Waals surface area (Å²) < 4.78 is 6.94. The summed E-state index contributed by atoms with van der Waals surface area (Å²) in [6, 6.07) is 1.52. The summed E-state index contributed by atoms with van der Waals surface area (Å²) in [5, 5.41) is 0. The number of pyridine rings is 1. The summed E-state index contributed by atoms with van der Waals surface area (Å²) in [5.41, 5.74) is 0.905. The van der Waals surface area contributed by atoms with Crippen LogP contribution in [0.4, 0.5) is 0 Å². The van der Waals surface area contributed by atoms with Crippen molar-refractivity contribution in [2.75, 3.05) is 46.9 Å². The molecule has 1 aliphatic rings. The molecule has 24 heavy (non-hydrogen) atoms. The Morgan fingerprint density at radius 3 is 2.67 bits per heavy atom. The fourth-order valence-electron chi connectivity index (χ4n) is 3.18. The molecule has 1 aliphatic heterocycles. The molecule has 0 aliphatic carbocycles. The van der Waals surface area contributed by atoms with Crippen molar-refractivity contribution in [1.82, 2.24) is 14.4 Å². The quantitative estimate of drug-likeness (QED) is 0.782. The maximum atomic E-state index is 12.6. The molecule has 0 bridgehead atoms. The van der Waals surface area contributed by atoms with Crippen LogP contribution in [0.3, 0.4) is 0 Å². The lowest BCUT2D eigenvalue weighted by Crippen LogP contribution is -2.41. The molecule has 1 fully saturated rings. The summed E-state index contributed by atoms with van der Waals surface area (Å²) in [4.78, 5) is 28.8. The molecule has 0 aromatic carbocycles. The normalized spacial score (nSPS) is 16.3. The average Bonchev–Trinajstić information content (AvgIpc) is 2.57. The molecule has 1 aromatic heterocycles. The summed E-state index contributed by atoms with van der Waals surface area (Å²) in [6.45, 7) is 6.38. The molecule has 134 valence electrons. The van der Waals surface area contributed by atoms with Crippen LogP contribution < -0.4 is 5.43 Å². The monoisotopic (exact) mass is 335 g/mol. The number of carbonyl (C=O) groups is 1. The highest BCUT2D eigenvalue weighted by molar-refractivity contribution is 5.93.